The molecule has 0 amide bonds. The number of aromatic nitrogens is 2. The highest BCUT2D eigenvalue weighted by Gasteiger charge is 2.22. The van der Waals surface area contributed by atoms with E-state index in [1.165, 1.54) is 5.56 Å². The Bertz CT molecular complexity index is 1310. The molecule has 4 heteroatoms. The van der Waals surface area contributed by atoms with Gasteiger partial charge in [-0.1, -0.05) is 90.0 Å². The van der Waals surface area contributed by atoms with Crippen molar-refractivity contribution in [2.75, 3.05) is 0 Å². The second kappa shape index (κ2) is 8.62. The lowest BCUT2D eigenvalue weighted by molar-refractivity contribution is 0.960. The first-order valence-electron chi connectivity index (χ1n) is 10.4. The van der Waals surface area contributed by atoms with Gasteiger partial charge in [0.25, 0.3) is 0 Å². The smallest absolute Gasteiger partial charge is 0.190 e. The molecule has 0 saturated heterocycles. The number of benzene rings is 4. The minimum Gasteiger partial charge on any atom is -0.284 e. The van der Waals surface area contributed by atoms with Crippen molar-refractivity contribution in [3.8, 4) is 33.9 Å². The van der Waals surface area contributed by atoms with E-state index in [1.54, 1.807) is 0 Å². The zero-order valence-electron chi connectivity index (χ0n) is 17.6. The summed E-state index contributed by atoms with van der Waals surface area (Å²) in [6.07, 6.45) is 0. The Hall–Kier alpha value is -3.40. The topological polar surface area (TPSA) is 9.86 Å². The largest absolute Gasteiger partial charge is 0.284 e. The molecule has 5 rings (SSSR count). The molecule has 32 heavy (non-hydrogen) atoms. The third kappa shape index (κ3) is 3.70. The Labute approximate surface area is 198 Å². The van der Waals surface area contributed by atoms with E-state index in [-0.39, 0.29) is 0 Å². The molecule has 0 bridgehead atoms. The highest BCUT2D eigenvalue weighted by atomic mass is 35.5. The number of imidazole rings is 1. The van der Waals surface area contributed by atoms with Crippen LogP contribution >= 0.6 is 23.8 Å². The Morgan fingerprint density at radius 3 is 1.41 bits per heavy atom. The highest BCUT2D eigenvalue weighted by molar-refractivity contribution is 7.71. The van der Waals surface area contributed by atoms with Gasteiger partial charge in [-0.3, -0.25) is 9.13 Å². The molecule has 1 aromatic heterocycles. The first-order chi connectivity index (χ1) is 15.6. The third-order valence-corrected chi connectivity index (χ3v) is 6.14. The van der Waals surface area contributed by atoms with Gasteiger partial charge in [-0.25, -0.2) is 0 Å². The fraction of sp³-hybridized carbons (Fsp3) is 0.0357. The molecule has 0 saturated carbocycles. The highest BCUT2D eigenvalue weighted by Crippen LogP contribution is 2.38. The van der Waals surface area contributed by atoms with Crippen molar-refractivity contribution in [1.29, 1.82) is 0 Å². The lowest BCUT2D eigenvalue weighted by Crippen LogP contribution is -1.99. The fourth-order valence-electron chi connectivity index (χ4n) is 3.99. The van der Waals surface area contributed by atoms with Crippen LogP contribution in [0.3, 0.4) is 0 Å². The molecular formula is C28H21ClN2S. The number of hydrogen-bond donors (Lipinski definition) is 0. The number of rotatable bonds is 4. The van der Waals surface area contributed by atoms with Gasteiger partial charge in [0.2, 0.25) is 0 Å². The van der Waals surface area contributed by atoms with E-state index in [1.807, 2.05) is 36.4 Å². The molecule has 0 unspecified atom stereocenters. The van der Waals surface area contributed by atoms with Gasteiger partial charge in [-0.2, -0.15) is 0 Å². The normalized spacial score (nSPS) is 10.9. The summed E-state index contributed by atoms with van der Waals surface area (Å²) >= 11 is 12.3. The number of aryl methyl sites for hydroxylation is 1. The van der Waals surface area contributed by atoms with Crippen molar-refractivity contribution in [1.82, 2.24) is 9.13 Å². The second-order valence-corrected chi connectivity index (χ2v) is 8.50. The number of hydrogen-bond acceptors (Lipinski definition) is 1. The van der Waals surface area contributed by atoms with E-state index in [2.05, 4.69) is 88.9 Å². The van der Waals surface area contributed by atoms with Gasteiger partial charge in [0, 0.05) is 27.5 Å². The Kier molecular flexibility index (Phi) is 5.52. The second-order valence-electron chi connectivity index (χ2n) is 7.69. The minimum atomic E-state index is 0.697. The number of halogens is 1. The zero-order valence-corrected chi connectivity index (χ0v) is 19.1. The van der Waals surface area contributed by atoms with E-state index < -0.39 is 0 Å². The molecule has 0 atom stereocenters. The van der Waals surface area contributed by atoms with Crippen LogP contribution in [0.15, 0.2) is 109 Å². The van der Waals surface area contributed by atoms with Crippen LogP contribution < -0.4 is 0 Å². The van der Waals surface area contributed by atoms with E-state index in [4.69, 9.17) is 23.8 Å². The van der Waals surface area contributed by atoms with Crippen molar-refractivity contribution >= 4 is 23.8 Å². The maximum atomic E-state index is 6.20. The molecule has 0 aliphatic heterocycles. The number of nitrogens with zero attached hydrogens (tertiary/aromatic N) is 2. The van der Waals surface area contributed by atoms with Crippen LogP contribution in [0.25, 0.3) is 33.9 Å². The third-order valence-electron chi connectivity index (χ3n) is 5.53. The average Bonchev–Trinajstić information content (AvgIpc) is 3.14. The SMILES string of the molecule is Cc1ccc(-n2c(-c3ccccc3)c(-c3ccccc3)n(-c3ccc(Cl)cc3)c2=S)cc1. The molecule has 0 aliphatic rings. The van der Waals surface area contributed by atoms with E-state index in [0.717, 1.165) is 33.9 Å². The summed E-state index contributed by atoms with van der Waals surface area (Å²) in [5.74, 6) is 0. The van der Waals surface area contributed by atoms with E-state index in [9.17, 15) is 0 Å². The Morgan fingerprint density at radius 2 is 0.969 bits per heavy atom. The van der Waals surface area contributed by atoms with Crippen molar-refractivity contribution in [2.45, 2.75) is 6.92 Å². The summed E-state index contributed by atoms with van der Waals surface area (Å²) in [6, 6.07) is 37.1. The maximum absolute atomic E-state index is 6.20. The quantitative estimate of drug-likeness (QED) is 0.249. The van der Waals surface area contributed by atoms with Gasteiger partial charge in [0.1, 0.15) is 0 Å². The van der Waals surface area contributed by atoms with Crippen LogP contribution in [0.5, 0.6) is 0 Å². The van der Waals surface area contributed by atoms with Gasteiger partial charge in [0.15, 0.2) is 4.77 Å². The molecule has 0 spiro atoms. The van der Waals surface area contributed by atoms with Crippen molar-refractivity contribution in [3.63, 3.8) is 0 Å². The van der Waals surface area contributed by atoms with Crippen molar-refractivity contribution in [3.05, 3.63) is 125 Å². The van der Waals surface area contributed by atoms with Gasteiger partial charge in [-0.15, -0.1) is 0 Å². The Morgan fingerprint density at radius 1 is 0.562 bits per heavy atom. The molecule has 0 radical (unpaired) electrons. The summed E-state index contributed by atoms with van der Waals surface area (Å²) < 4.78 is 5.01. The van der Waals surface area contributed by atoms with Gasteiger partial charge in [0.05, 0.1) is 11.4 Å². The van der Waals surface area contributed by atoms with E-state index in [0.29, 0.717) is 9.79 Å². The molecule has 2 nitrogen and oxygen atoms in total. The summed E-state index contributed by atoms with van der Waals surface area (Å²) in [4.78, 5) is 0. The maximum Gasteiger partial charge on any atom is 0.190 e. The minimum absolute atomic E-state index is 0.697. The zero-order chi connectivity index (χ0) is 22.1. The van der Waals surface area contributed by atoms with Crippen LogP contribution in [0.2, 0.25) is 5.02 Å². The monoisotopic (exact) mass is 452 g/mol. The molecule has 1 heterocycles. The first-order valence-corrected chi connectivity index (χ1v) is 11.2. The predicted molar refractivity (Wildman–Crippen MR) is 137 cm³/mol. The summed E-state index contributed by atoms with van der Waals surface area (Å²) in [7, 11) is 0. The van der Waals surface area contributed by atoms with Crippen molar-refractivity contribution in [2.24, 2.45) is 0 Å². The molecule has 0 N–H and O–H groups in total. The lowest BCUT2D eigenvalue weighted by Gasteiger charge is -2.12. The molecule has 4 aromatic carbocycles. The van der Waals surface area contributed by atoms with Crippen LogP contribution in [0.1, 0.15) is 5.56 Å². The summed E-state index contributed by atoms with van der Waals surface area (Å²) in [5, 5.41) is 0.697. The standard InChI is InChI=1S/C28H21ClN2S/c1-20-12-16-24(17-13-20)30-26(21-8-4-2-5-9-21)27(22-10-6-3-7-11-22)31(28(30)32)25-18-14-23(29)15-19-25/h2-19H,1H3. The van der Waals surface area contributed by atoms with Crippen molar-refractivity contribution < 1.29 is 0 Å². The summed E-state index contributed by atoms with van der Waals surface area (Å²) in [5.41, 5.74) is 7.52. The van der Waals surface area contributed by atoms with Crippen LogP contribution in [0.4, 0.5) is 0 Å². The molecule has 0 fully saturated rings. The van der Waals surface area contributed by atoms with Gasteiger partial charge in [-0.05, 0) is 55.5 Å². The van der Waals surface area contributed by atoms with Crippen LogP contribution in [-0.4, -0.2) is 9.13 Å². The molecule has 0 aliphatic carbocycles. The van der Waals surface area contributed by atoms with Crippen LogP contribution in [0, 0.1) is 11.7 Å². The van der Waals surface area contributed by atoms with E-state index >= 15 is 0 Å². The van der Waals surface area contributed by atoms with Crippen LogP contribution in [-0.2, 0) is 0 Å². The molecule has 156 valence electrons. The molecule has 5 aromatic rings. The first kappa shape index (κ1) is 20.5. The van der Waals surface area contributed by atoms with Gasteiger partial charge >= 0.3 is 0 Å². The average molecular weight is 453 g/mol. The summed E-state index contributed by atoms with van der Waals surface area (Å²) in [6.45, 7) is 2.09. The lowest BCUT2D eigenvalue weighted by atomic mass is 10.0. The van der Waals surface area contributed by atoms with Gasteiger partial charge < -0.3 is 0 Å². The Balaban J connectivity index is 1.94. The fourth-order valence-corrected chi connectivity index (χ4v) is 4.51. The predicted octanol–water partition coefficient (Wildman–Crippen LogP) is 8.29. The molecular weight excluding hydrogens is 432 g/mol.